The maximum atomic E-state index is 12.8. The fourth-order valence-corrected chi connectivity index (χ4v) is 3.78. The summed E-state index contributed by atoms with van der Waals surface area (Å²) < 4.78 is 5.25. The van der Waals surface area contributed by atoms with Crippen LogP contribution in [0, 0.1) is 20.8 Å². The molecule has 0 radical (unpaired) electrons. The van der Waals surface area contributed by atoms with Gasteiger partial charge in [0, 0.05) is 54.4 Å². The minimum Gasteiger partial charge on any atom is -0.361 e. The Hall–Kier alpha value is -3.09. The molecule has 4 heterocycles. The van der Waals surface area contributed by atoms with E-state index < -0.39 is 0 Å². The van der Waals surface area contributed by atoms with E-state index in [-0.39, 0.29) is 11.8 Å². The third-order valence-corrected chi connectivity index (χ3v) is 5.26. The molecule has 3 aromatic heterocycles. The third kappa shape index (κ3) is 3.52. The summed E-state index contributed by atoms with van der Waals surface area (Å²) in [5, 5.41) is 4.01. The van der Waals surface area contributed by atoms with E-state index >= 15 is 0 Å². The normalized spacial score (nSPS) is 17.0. The zero-order valence-electron chi connectivity index (χ0n) is 16.3. The SMILES string of the molecule is Cc1ncc(C(=O)N2CCC[C@H](c3ccc(-c4c(C)noc4C)cn3)C2)cn1. The van der Waals surface area contributed by atoms with E-state index in [4.69, 9.17) is 4.52 Å². The number of piperidine rings is 1. The molecule has 1 saturated heterocycles. The number of nitrogens with zero attached hydrogens (tertiary/aromatic N) is 5. The highest BCUT2D eigenvalue weighted by molar-refractivity contribution is 5.93. The van der Waals surface area contributed by atoms with Gasteiger partial charge in [-0.1, -0.05) is 11.2 Å². The highest BCUT2D eigenvalue weighted by Crippen LogP contribution is 2.30. The molecule has 0 spiro atoms. The van der Waals surface area contributed by atoms with Gasteiger partial charge < -0.3 is 9.42 Å². The summed E-state index contributed by atoms with van der Waals surface area (Å²) in [5.74, 6) is 1.66. The van der Waals surface area contributed by atoms with Crippen LogP contribution in [0.5, 0.6) is 0 Å². The second-order valence-electron chi connectivity index (χ2n) is 7.28. The van der Waals surface area contributed by atoms with Gasteiger partial charge >= 0.3 is 0 Å². The number of aryl methyl sites for hydroxylation is 3. The van der Waals surface area contributed by atoms with Gasteiger partial charge in [0.2, 0.25) is 0 Å². The van der Waals surface area contributed by atoms with Crippen molar-refractivity contribution >= 4 is 5.91 Å². The van der Waals surface area contributed by atoms with E-state index in [1.54, 1.807) is 12.4 Å². The quantitative estimate of drug-likeness (QED) is 0.695. The Morgan fingerprint density at radius 2 is 1.89 bits per heavy atom. The minimum absolute atomic E-state index is 0.0166. The van der Waals surface area contributed by atoms with Crippen LogP contribution in [0.25, 0.3) is 11.1 Å². The van der Waals surface area contributed by atoms with Crippen LogP contribution in [-0.2, 0) is 0 Å². The van der Waals surface area contributed by atoms with Crippen LogP contribution >= 0.6 is 0 Å². The number of likely N-dealkylation sites (tertiary alicyclic amines) is 1. The summed E-state index contributed by atoms with van der Waals surface area (Å²) in [4.78, 5) is 27.6. The van der Waals surface area contributed by atoms with Gasteiger partial charge in [0.1, 0.15) is 11.6 Å². The molecule has 0 unspecified atom stereocenters. The molecule has 1 atom stereocenters. The highest BCUT2D eigenvalue weighted by atomic mass is 16.5. The molecule has 0 bridgehead atoms. The first-order chi connectivity index (χ1) is 13.5. The molecule has 0 saturated carbocycles. The second-order valence-corrected chi connectivity index (χ2v) is 7.28. The van der Waals surface area contributed by atoms with E-state index in [9.17, 15) is 4.79 Å². The molecule has 1 fully saturated rings. The number of rotatable bonds is 3. The zero-order valence-corrected chi connectivity index (χ0v) is 16.3. The Kier molecular flexibility index (Phi) is 4.90. The molecule has 1 aliphatic rings. The standard InChI is InChI=1S/C21H23N5O2/c1-13-20(14(2)28-25-13)16-6-7-19(24-9-16)17-5-4-8-26(12-17)21(27)18-10-22-15(3)23-11-18/h6-7,9-11,17H,4-5,8,12H2,1-3H3/t17-/m0/s1. The molecule has 3 aromatic rings. The maximum absolute atomic E-state index is 12.8. The lowest BCUT2D eigenvalue weighted by Crippen LogP contribution is -2.39. The largest absolute Gasteiger partial charge is 0.361 e. The van der Waals surface area contributed by atoms with Crippen molar-refractivity contribution in [3.63, 3.8) is 0 Å². The first kappa shape index (κ1) is 18.3. The van der Waals surface area contributed by atoms with Gasteiger partial charge in [0.05, 0.1) is 11.3 Å². The number of amides is 1. The smallest absolute Gasteiger partial charge is 0.257 e. The average Bonchev–Trinajstić information content (AvgIpc) is 3.06. The third-order valence-electron chi connectivity index (χ3n) is 5.26. The van der Waals surface area contributed by atoms with Crippen LogP contribution in [0.1, 0.15) is 52.1 Å². The Bertz CT molecular complexity index is 960. The summed E-state index contributed by atoms with van der Waals surface area (Å²) in [6.07, 6.45) is 7.05. The maximum Gasteiger partial charge on any atom is 0.257 e. The van der Waals surface area contributed by atoms with Crippen molar-refractivity contribution in [1.82, 2.24) is 25.0 Å². The van der Waals surface area contributed by atoms with Gasteiger partial charge in [0.15, 0.2) is 0 Å². The molecule has 1 aliphatic heterocycles. The Labute approximate surface area is 163 Å². The van der Waals surface area contributed by atoms with Gasteiger partial charge in [-0.2, -0.15) is 0 Å². The van der Waals surface area contributed by atoms with Crippen molar-refractivity contribution < 1.29 is 9.32 Å². The lowest BCUT2D eigenvalue weighted by molar-refractivity contribution is 0.0705. The Morgan fingerprint density at radius 3 is 2.54 bits per heavy atom. The van der Waals surface area contributed by atoms with Gasteiger partial charge in [0.25, 0.3) is 5.91 Å². The molecule has 0 aliphatic carbocycles. The first-order valence-electron chi connectivity index (χ1n) is 9.50. The van der Waals surface area contributed by atoms with Crippen molar-refractivity contribution in [2.75, 3.05) is 13.1 Å². The van der Waals surface area contributed by atoms with Crippen LogP contribution in [0.2, 0.25) is 0 Å². The zero-order chi connectivity index (χ0) is 19.7. The molecular weight excluding hydrogens is 354 g/mol. The molecule has 0 aromatic carbocycles. The van der Waals surface area contributed by atoms with Crippen LogP contribution in [-0.4, -0.2) is 44.0 Å². The Balaban J connectivity index is 1.50. The summed E-state index contributed by atoms with van der Waals surface area (Å²) in [7, 11) is 0. The molecular formula is C21H23N5O2. The van der Waals surface area contributed by atoms with Crippen molar-refractivity contribution in [2.45, 2.75) is 39.5 Å². The van der Waals surface area contributed by atoms with Crippen LogP contribution in [0.4, 0.5) is 0 Å². The summed E-state index contributed by atoms with van der Waals surface area (Å²) >= 11 is 0. The van der Waals surface area contributed by atoms with E-state index in [0.717, 1.165) is 47.7 Å². The van der Waals surface area contributed by atoms with Gasteiger partial charge in [-0.15, -0.1) is 0 Å². The van der Waals surface area contributed by atoms with E-state index in [0.29, 0.717) is 17.9 Å². The molecule has 7 nitrogen and oxygen atoms in total. The Morgan fingerprint density at radius 1 is 1.11 bits per heavy atom. The van der Waals surface area contributed by atoms with Gasteiger partial charge in [-0.25, -0.2) is 9.97 Å². The van der Waals surface area contributed by atoms with Crippen LogP contribution < -0.4 is 0 Å². The van der Waals surface area contributed by atoms with Crippen LogP contribution in [0.15, 0.2) is 35.2 Å². The monoisotopic (exact) mass is 377 g/mol. The highest BCUT2D eigenvalue weighted by Gasteiger charge is 2.26. The fourth-order valence-electron chi connectivity index (χ4n) is 3.78. The topological polar surface area (TPSA) is 85.0 Å². The average molecular weight is 377 g/mol. The first-order valence-corrected chi connectivity index (χ1v) is 9.50. The number of aromatic nitrogens is 4. The number of carbonyl (C=O) groups is 1. The van der Waals surface area contributed by atoms with Crippen molar-refractivity contribution in [1.29, 1.82) is 0 Å². The van der Waals surface area contributed by atoms with E-state index in [1.165, 1.54) is 0 Å². The molecule has 1 amide bonds. The fraction of sp³-hybridized carbons (Fsp3) is 0.381. The molecule has 144 valence electrons. The van der Waals surface area contributed by atoms with Gasteiger partial charge in [-0.05, 0) is 39.7 Å². The predicted octanol–water partition coefficient (Wildman–Crippen LogP) is 3.47. The second kappa shape index (κ2) is 7.50. The van der Waals surface area contributed by atoms with Crippen LogP contribution in [0.3, 0.4) is 0 Å². The van der Waals surface area contributed by atoms with Crippen molar-refractivity contribution in [3.05, 3.63) is 59.3 Å². The van der Waals surface area contributed by atoms with E-state index in [2.05, 4.69) is 32.2 Å². The molecule has 4 rings (SSSR count). The minimum atomic E-state index is -0.0166. The molecule has 0 N–H and O–H groups in total. The van der Waals surface area contributed by atoms with Crippen molar-refractivity contribution in [3.8, 4) is 11.1 Å². The number of hydrogen-bond acceptors (Lipinski definition) is 6. The summed E-state index contributed by atoms with van der Waals surface area (Å²) in [6, 6.07) is 4.11. The summed E-state index contributed by atoms with van der Waals surface area (Å²) in [6.45, 7) is 7.05. The number of hydrogen-bond donors (Lipinski definition) is 0. The molecule has 28 heavy (non-hydrogen) atoms. The number of pyridine rings is 1. The number of carbonyl (C=O) groups excluding carboxylic acids is 1. The van der Waals surface area contributed by atoms with Gasteiger partial charge in [-0.3, -0.25) is 9.78 Å². The lowest BCUT2D eigenvalue weighted by Gasteiger charge is -2.32. The van der Waals surface area contributed by atoms with E-state index in [1.807, 2.05) is 31.9 Å². The van der Waals surface area contributed by atoms with Crippen molar-refractivity contribution in [2.24, 2.45) is 0 Å². The molecule has 7 heteroatoms. The summed E-state index contributed by atoms with van der Waals surface area (Å²) in [5.41, 5.74) is 4.40. The predicted molar refractivity (Wildman–Crippen MR) is 104 cm³/mol. The lowest BCUT2D eigenvalue weighted by atomic mass is 9.93.